The Morgan fingerprint density at radius 3 is 2.39 bits per heavy atom. The molecule has 2 rings (SSSR count). The Bertz CT molecular complexity index is 430. The molecule has 1 saturated heterocycles. The van der Waals surface area contributed by atoms with Gasteiger partial charge in [-0.2, -0.15) is 5.26 Å². The molecule has 0 spiro atoms. The normalized spacial score (nSPS) is 20.0. The number of nitrogens with zero attached hydrogens (tertiary/aromatic N) is 2. The van der Waals surface area contributed by atoms with Gasteiger partial charge < -0.3 is 10.2 Å². The minimum absolute atomic E-state index is 0.0709. The number of carbonyl (C=O) groups excluding carboxylic acids is 2. The van der Waals surface area contributed by atoms with Crippen molar-refractivity contribution in [2.24, 2.45) is 11.8 Å². The number of carbonyl (C=O) groups is 2. The molecule has 1 saturated carbocycles. The lowest BCUT2D eigenvalue weighted by molar-refractivity contribution is -0.133. The standard InChI is InChI=1S/C18H29N3O2/c19-11-8-17(22)20-14-16-9-12-21(13-10-16)18(23)7-6-15-4-2-1-3-5-15/h15-16H,1-10,12-14H2,(H,20,22). The number of amides is 2. The molecule has 1 aliphatic heterocycles. The van der Waals surface area contributed by atoms with Gasteiger partial charge in [-0.3, -0.25) is 9.59 Å². The molecule has 0 aromatic rings. The molecule has 23 heavy (non-hydrogen) atoms. The zero-order chi connectivity index (χ0) is 16.5. The summed E-state index contributed by atoms with van der Waals surface area (Å²) >= 11 is 0. The second kappa shape index (κ2) is 9.54. The summed E-state index contributed by atoms with van der Waals surface area (Å²) in [5.74, 6) is 1.31. The number of nitriles is 1. The van der Waals surface area contributed by atoms with E-state index in [0.29, 0.717) is 24.8 Å². The quantitative estimate of drug-likeness (QED) is 0.818. The Balaban J connectivity index is 1.60. The van der Waals surface area contributed by atoms with Gasteiger partial charge in [-0.1, -0.05) is 32.1 Å². The van der Waals surface area contributed by atoms with Gasteiger partial charge in [0, 0.05) is 26.1 Å². The van der Waals surface area contributed by atoms with Crippen LogP contribution in [0.3, 0.4) is 0 Å². The molecule has 1 heterocycles. The van der Waals surface area contributed by atoms with Crippen molar-refractivity contribution < 1.29 is 9.59 Å². The molecule has 2 amide bonds. The van der Waals surface area contributed by atoms with Gasteiger partial charge in [0.25, 0.3) is 0 Å². The summed E-state index contributed by atoms with van der Waals surface area (Å²) in [6.07, 6.45) is 10.2. The number of nitrogens with one attached hydrogen (secondary N) is 1. The summed E-state index contributed by atoms with van der Waals surface area (Å²) in [5, 5.41) is 11.3. The van der Waals surface area contributed by atoms with Crippen molar-refractivity contribution in [2.45, 2.75) is 64.2 Å². The molecule has 128 valence electrons. The highest BCUT2D eigenvalue weighted by Gasteiger charge is 2.24. The number of hydrogen-bond acceptors (Lipinski definition) is 3. The topological polar surface area (TPSA) is 73.2 Å². The molecular formula is C18H29N3O2. The van der Waals surface area contributed by atoms with Gasteiger partial charge in [-0.25, -0.2) is 0 Å². The highest BCUT2D eigenvalue weighted by molar-refractivity contribution is 5.78. The Morgan fingerprint density at radius 1 is 1.04 bits per heavy atom. The lowest BCUT2D eigenvalue weighted by Crippen LogP contribution is -2.41. The minimum atomic E-state index is -0.196. The first-order chi connectivity index (χ1) is 11.2. The van der Waals surface area contributed by atoms with E-state index in [2.05, 4.69) is 5.32 Å². The molecule has 0 radical (unpaired) electrons. The summed E-state index contributed by atoms with van der Waals surface area (Å²) in [7, 11) is 0. The molecule has 1 aliphatic carbocycles. The van der Waals surface area contributed by atoms with E-state index in [1.54, 1.807) is 0 Å². The second-order valence-corrected chi connectivity index (χ2v) is 7.01. The lowest BCUT2D eigenvalue weighted by atomic mass is 9.86. The van der Waals surface area contributed by atoms with Gasteiger partial charge >= 0.3 is 0 Å². The molecule has 1 N–H and O–H groups in total. The average molecular weight is 319 g/mol. The van der Waals surface area contributed by atoms with Crippen LogP contribution in [0, 0.1) is 23.2 Å². The van der Waals surface area contributed by atoms with Crippen LogP contribution in [0.4, 0.5) is 0 Å². The van der Waals surface area contributed by atoms with Gasteiger partial charge in [0.2, 0.25) is 11.8 Å². The third-order valence-electron chi connectivity index (χ3n) is 5.29. The first kappa shape index (κ1) is 17.8. The lowest BCUT2D eigenvalue weighted by Gasteiger charge is -2.32. The van der Waals surface area contributed by atoms with Crippen LogP contribution in [0.15, 0.2) is 0 Å². The van der Waals surface area contributed by atoms with E-state index in [0.717, 1.165) is 38.3 Å². The molecule has 0 aromatic heterocycles. The number of likely N-dealkylation sites (tertiary alicyclic amines) is 1. The van der Waals surface area contributed by atoms with Crippen LogP contribution < -0.4 is 5.32 Å². The summed E-state index contributed by atoms with van der Waals surface area (Å²) in [4.78, 5) is 25.6. The van der Waals surface area contributed by atoms with Crippen molar-refractivity contribution in [3.8, 4) is 6.07 Å². The van der Waals surface area contributed by atoms with Crippen LogP contribution in [0.1, 0.15) is 64.2 Å². The van der Waals surface area contributed by atoms with Gasteiger partial charge in [0.05, 0.1) is 6.07 Å². The van der Waals surface area contributed by atoms with E-state index in [-0.39, 0.29) is 12.3 Å². The smallest absolute Gasteiger partial charge is 0.234 e. The number of piperidine rings is 1. The fourth-order valence-electron chi connectivity index (χ4n) is 3.74. The van der Waals surface area contributed by atoms with E-state index < -0.39 is 0 Å². The van der Waals surface area contributed by atoms with Crippen molar-refractivity contribution in [2.75, 3.05) is 19.6 Å². The molecule has 2 aliphatic rings. The molecule has 2 fully saturated rings. The second-order valence-electron chi connectivity index (χ2n) is 7.01. The van der Waals surface area contributed by atoms with Crippen LogP contribution in [-0.2, 0) is 9.59 Å². The Labute approximate surface area is 139 Å². The molecule has 0 unspecified atom stereocenters. The summed E-state index contributed by atoms with van der Waals surface area (Å²) < 4.78 is 0. The monoisotopic (exact) mass is 319 g/mol. The van der Waals surface area contributed by atoms with Crippen LogP contribution in [0.25, 0.3) is 0 Å². The molecule has 5 heteroatoms. The number of rotatable bonds is 6. The SMILES string of the molecule is N#CCC(=O)NCC1CCN(C(=O)CCC2CCCCC2)CC1. The fraction of sp³-hybridized carbons (Fsp3) is 0.833. The highest BCUT2D eigenvalue weighted by Crippen LogP contribution is 2.28. The zero-order valence-corrected chi connectivity index (χ0v) is 14.1. The highest BCUT2D eigenvalue weighted by atomic mass is 16.2. The number of hydrogen-bond donors (Lipinski definition) is 1. The minimum Gasteiger partial charge on any atom is -0.355 e. The van der Waals surface area contributed by atoms with Gasteiger partial charge in [0.15, 0.2) is 0 Å². The van der Waals surface area contributed by atoms with E-state index in [4.69, 9.17) is 5.26 Å². The maximum Gasteiger partial charge on any atom is 0.234 e. The Morgan fingerprint density at radius 2 is 1.74 bits per heavy atom. The summed E-state index contributed by atoms with van der Waals surface area (Å²) in [6, 6.07) is 1.85. The van der Waals surface area contributed by atoms with E-state index in [9.17, 15) is 9.59 Å². The Kier molecular flexibility index (Phi) is 7.38. The van der Waals surface area contributed by atoms with Crippen LogP contribution in [-0.4, -0.2) is 36.3 Å². The molecule has 5 nitrogen and oxygen atoms in total. The van der Waals surface area contributed by atoms with E-state index in [1.807, 2.05) is 11.0 Å². The average Bonchev–Trinajstić information content (AvgIpc) is 2.59. The molecule has 0 aromatic carbocycles. The van der Waals surface area contributed by atoms with Gasteiger partial charge in [0.1, 0.15) is 6.42 Å². The van der Waals surface area contributed by atoms with Crippen LogP contribution in [0.2, 0.25) is 0 Å². The molecular weight excluding hydrogens is 290 g/mol. The van der Waals surface area contributed by atoms with Crippen molar-refractivity contribution in [3.05, 3.63) is 0 Å². The Hall–Kier alpha value is -1.57. The fourth-order valence-corrected chi connectivity index (χ4v) is 3.74. The zero-order valence-electron chi connectivity index (χ0n) is 14.1. The van der Waals surface area contributed by atoms with Crippen LogP contribution >= 0.6 is 0 Å². The van der Waals surface area contributed by atoms with Crippen molar-refractivity contribution in [1.82, 2.24) is 10.2 Å². The summed E-state index contributed by atoms with van der Waals surface area (Å²) in [6.45, 7) is 2.25. The largest absolute Gasteiger partial charge is 0.355 e. The van der Waals surface area contributed by atoms with Gasteiger partial charge in [-0.05, 0) is 31.1 Å². The predicted octanol–water partition coefficient (Wildman–Crippen LogP) is 2.62. The van der Waals surface area contributed by atoms with Crippen molar-refractivity contribution >= 4 is 11.8 Å². The maximum absolute atomic E-state index is 12.3. The van der Waals surface area contributed by atoms with E-state index in [1.165, 1.54) is 32.1 Å². The maximum atomic E-state index is 12.3. The predicted molar refractivity (Wildman–Crippen MR) is 88.4 cm³/mol. The van der Waals surface area contributed by atoms with Crippen molar-refractivity contribution in [1.29, 1.82) is 5.26 Å². The first-order valence-electron chi connectivity index (χ1n) is 9.10. The molecule has 0 atom stereocenters. The van der Waals surface area contributed by atoms with Gasteiger partial charge in [-0.15, -0.1) is 0 Å². The molecule has 0 bridgehead atoms. The van der Waals surface area contributed by atoms with E-state index >= 15 is 0 Å². The van der Waals surface area contributed by atoms with Crippen LogP contribution in [0.5, 0.6) is 0 Å². The van der Waals surface area contributed by atoms with Crippen molar-refractivity contribution in [3.63, 3.8) is 0 Å². The third kappa shape index (κ3) is 6.21. The summed E-state index contributed by atoms with van der Waals surface area (Å²) in [5.41, 5.74) is 0. The third-order valence-corrected chi connectivity index (χ3v) is 5.29. The first-order valence-corrected chi connectivity index (χ1v) is 9.10.